The van der Waals surface area contributed by atoms with Crippen LogP contribution in [0.4, 0.5) is 8.78 Å². The molecule has 1 aromatic rings. The molecule has 1 atom stereocenters. The maximum absolute atomic E-state index is 13.8. The molecule has 0 aliphatic carbocycles. The molecule has 0 fully saturated rings. The van der Waals surface area contributed by atoms with Gasteiger partial charge in [-0.25, -0.2) is 9.78 Å². The summed E-state index contributed by atoms with van der Waals surface area (Å²) in [6.07, 6.45) is 1.02. The van der Waals surface area contributed by atoms with E-state index >= 15 is 0 Å². The summed E-state index contributed by atoms with van der Waals surface area (Å²) in [5.41, 5.74) is 5.01. The number of rotatable bonds is 4. The van der Waals surface area contributed by atoms with E-state index in [2.05, 4.69) is 9.72 Å². The molecule has 0 saturated carbocycles. The van der Waals surface area contributed by atoms with Gasteiger partial charge in [0.05, 0.1) is 16.7 Å². The lowest BCUT2D eigenvalue weighted by molar-refractivity contribution is -0.174. The van der Waals surface area contributed by atoms with Gasteiger partial charge in [-0.1, -0.05) is 34.8 Å². The Morgan fingerprint density at radius 3 is 2.55 bits per heavy atom. The van der Waals surface area contributed by atoms with Crippen molar-refractivity contribution in [1.29, 1.82) is 0 Å². The molecule has 4 nitrogen and oxygen atoms in total. The van der Waals surface area contributed by atoms with Crippen molar-refractivity contribution in [3.63, 3.8) is 0 Å². The van der Waals surface area contributed by atoms with Crippen LogP contribution in [0.1, 0.15) is 18.5 Å². The predicted octanol–water partition coefficient (Wildman–Crippen LogP) is 3.66. The highest BCUT2D eigenvalue weighted by molar-refractivity contribution is 6.43. The summed E-state index contributed by atoms with van der Waals surface area (Å²) in [6.45, 7) is 1.18. The van der Waals surface area contributed by atoms with Gasteiger partial charge in [0.1, 0.15) is 11.2 Å². The first kappa shape index (κ1) is 19.6. The Balaban J connectivity index is 0.00000361. The molecule has 1 aromatic heterocycles. The van der Waals surface area contributed by atoms with Gasteiger partial charge in [-0.05, 0) is 6.92 Å². The summed E-state index contributed by atoms with van der Waals surface area (Å²) in [5.74, 6) is -5.75. The quantitative estimate of drug-likeness (QED) is 0.649. The third kappa shape index (κ3) is 3.83. The second-order valence-electron chi connectivity index (χ2n) is 3.45. The third-order valence-corrected chi connectivity index (χ3v) is 3.28. The SMILES string of the molecule is CCOC(=O)C(F)(F)[C@@H](N)c1c(Cl)cnc(Cl)c1Cl.Cl. The lowest BCUT2D eigenvalue weighted by Gasteiger charge is -2.23. The first-order valence-corrected chi connectivity index (χ1v) is 6.16. The van der Waals surface area contributed by atoms with E-state index in [-0.39, 0.29) is 39.8 Å². The standard InChI is InChI=1S/C10H9Cl3F2N2O2.ClH/c1-2-19-9(18)10(14,15)7(16)5-4(11)3-17-8(13)6(5)12;/h3,7H,2,16H2,1H3;1H/t7-;/m0./s1. The number of nitrogens with zero attached hydrogens (tertiary/aromatic N) is 1. The largest absolute Gasteiger partial charge is 0.462 e. The van der Waals surface area contributed by atoms with Crippen LogP contribution in [-0.4, -0.2) is 23.5 Å². The Morgan fingerprint density at radius 1 is 1.50 bits per heavy atom. The van der Waals surface area contributed by atoms with Crippen molar-refractivity contribution in [1.82, 2.24) is 4.98 Å². The molecule has 0 aromatic carbocycles. The number of hydrogen-bond donors (Lipinski definition) is 1. The van der Waals surface area contributed by atoms with E-state index in [0.717, 1.165) is 6.20 Å². The maximum Gasteiger partial charge on any atom is 0.379 e. The molecule has 0 radical (unpaired) electrons. The lowest BCUT2D eigenvalue weighted by Crippen LogP contribution is -2.42. The van der Waals surface area contributed by atoms with Gasteiger partial charge in [-0.2, -0.15) is 8.78 Å². The fourth-order valence-corrected chi connectivity index (χ4v) is 2.00. The van der Waals surface area contributed by atoms with E-state index in [4.69, 9.17) is 40.5 Å². The van der Waals surface area contributed by atoms with E-state index in [1.165, 1.54) is 6.92 Å². The Labute approximate surface area is 134 Å². The highest BCUT2D eigenvalue weighted by atomic mass is 35.5. The molecule has 10 heteroatoms. The van der Waals surface area contributed by atoms with Gasteiger partial charge in [-0.3, -0.25) is 0 Å². The molecule has 0 unspecified atom stereocenters. The normalized spacial score (nSPS) is 12.6. The number of esters is 1. The van der Waals surface area contributed by atoms with Gasteiger partial charge in [0.25, 0.3) is 0 Å². The minimum atomic E-state index is -3.99. The molecule has 0 amide bonds. The minimum absolute atomic E-state index is 0. The van der Waals surface area contributed by atoms with E-state index in [1.807, 2.05) is 0 Å². The maximum atomic E-state index is 13.8. The van der Waals surface area contributed by atoms with E-state index in [0.29, 0.717) is 0 Å². The first-order chi connectivity index (χ1) is 8.73. The highest BCUT2D eigenvalue weighted by Gasteiger charge is 2.49. The van der Waals surface area contributed by atoms with Crippen LogP contribution in [0.2, 0.25) is 15.2 Å². The fraction of sp³-hybridized carbons (Fsp3) is 0.400. The minimum Gasteiger partial charge on any atom is -0.462 e. The molecule has 0 aliphatic rings. The Morgan fingerprint density at radius 2 is 2.05 bits per heavy atom. The van der Waals surface area contributed by atoms with Crippen LogP contribution in [0, 0.1) is 0 Å². The Kier molecular flexibility index (Phi) is 7.41. The van der Waals surface area contributed by atoms with Crippen LogP contribution in [0.5, 0.6) is 0 Å². The van der Waals surface area contributed by atoms with Gasteiger partial charge in [-0.15, -0.1) is 12.4 Å². The number of carbonyl (C=O) groups is 1. The smallest absolute Gasteiger partial charge is 0.379 e. The predicted molar refractivity (Wildman–Crippen MR) is 75.0 cm³/mol. The van der Waals surface area contributed by atoms with Gasteiger partial charge < -0.3 is 10.5 Å². The van der Waals surface area contributed by atoms with Crippen LogP contribution in [-0.2, 0) is 9.53 Å². The number of nitrogens with two attached hydrogens (primary N) is 1. The molecule has 1 rings (SSSR count). The van der Waals surface area contributed by atoms with Crippen LogP contribution in [0.3, 0.4) is 0 Å². The van der Waals surface area contributed by atoms with Gasteiger partial charge in [0.2, 0.25) is 0 Å². The van der Waals surface area contributed by atoms with Gasteiger partial charge in [0, 0.05) is 11.8 Å². The summed E-state index contributed by atoms with van der Waals surface area (Å²) >= 11 is 17.1. The summed E-state index contributed by atoms with van der Waals surface area (Å²) in [6, 6.07) is -2.09. The Bertz CT molecular complexity index is 502. The average Bonchev–Trinajstić information content (AvgIpc) is 2.34. The second kappa shape index (κ2) is 7.56. The van der Waals surface area contributed by atoms with Crippen LogP contribution >= 0.6 is 47.2 Å². The summed E-state index contributed by atoms with van der Waals surface area (Å²) < 4.78 is 31.8. The van der Waals surface area contributed by atoms with Gasteiger partial charge in [0.15, 0.2) is 0 Å². The van der Waals surface area contributed by atoms with Crippen molar-refractivity contribution in [2.75, 3.05) is 6.61 Å². The molecule has 0 bridgehead atoms. The van der Waals surface area contributed by atoms with E-state index in [9.17, 15) is 13.6 Å². The van der Waals surface area contributed by atoms with Crippen molar-refractivity contribution in [3.8, 4) is 0 Å². The summed E-state index contributed by atoms with van der Waals surface area (Å²) in [7, 11) is 0. The molecule has 0 saturated heterocycles. The third-order valence-electron chi connectivity index (χ3n) is 2.22. The zero-order valence-corrected chi connectivity index (χ0v) is 13.1. The molecule has 1 heterocycles. The van der Waals surface area contributed by atoms with Crippen LogP contribution < -0.4 is 5.73 Å². The van der Waals surface area contributed by atoms with Gasteiger partial charge >= 0.3 is 11.9 Å². The number of alkyl halides is 2. The van der Waals surface area contributed by atoms with E-state index < -0.39 is 17.9 Å². The van der Waals surface area contributed by atoms with Crippen LogP contribution in [0.25, 0.3) is 0 Å². The summed E-state index contributed by atoms with van der Waals surface area (Å²) in [4.78, 5) is 14.8. The molecule has 0 aliphatic heterocycles. The number of ether oxygens (including phenoxy) is 1. The molecular weight excluding hydrogens is 360 g/mol. The molecule has 114 valence electrons. The molecule has 0 spiro atoms. The second-order valence-corrected chi connectivity index (χ2v) is 4.59. The fourth-order valence-electron chi connectivity index (χ4n) is 1.28. The van der Waals surface area contributed by atoms with Crippen molar-refractivity contribution in [2.45, 2.75) is 18.9 Å². The first-order valence-electron chi connectivity index (χ1n) is 5.03. The van der Waals surface area contributed by atoms with Crippen molar-refractivity contribution in [3.05, 3.63) is 27.0 Å². The lowest BCUT2D eigenvalue weighted by atomic mass is 10.0. The molecule has 20 heavy (non-hydrogen) atoms. The Hall–Kier alpha value is -0.400. The molecular formula is C10H10Cl4F2N2O2. The van der Waals surface area contributed by atoms with E-state index in [1.54, 1.807) is 0 Å². The highest BCUT2D eigenvalue weighted by Crippen LogP contribution is 2.40. The van der Waals surface area contributed by atoms with Crippen molar-refractivity contribution in [2.24, 2.45) is 5.73 Å². The number of halogens is 6. The van der Waals surface area contributed by atoms with Crippen LogP contribution in [0.15, 0.2) is 6.20 Å². The number of pyridine rings is 1. The van der Waals surface area contributed by atoms with Crippen molar-refractivity contribution < 1.29 is 18.3 Å². The van der Waals surface area contributed by atoms with Crippen molar-refractivity contribution >= 4 is 53.2 Å². The zero-order valence-electron chi connectivity index (χ0n) is 10.0. The topological polar surface area (TPSA) is 65.2 Å². The summed E-state index contributed by atoms with van der Waals surface area (Å²) in [5, 5.41) is -0.785. The number of carbonyl (C=O) groups excluding carboxylic acids is 1. The number of hydrogen-bond acceptors (Lipinski definition) is 4. The monoisotopic (exact) mass is 368 g/mol. The molecule has 2 N–H and O–H groups in total. The zero-order chi connectivity index (χ0) is 14.8. The average molecular weight is 370 g/mol. The number of aromatic nitrogens is 1.